The maximum absolute atomic E-state index is 12.5. The SMILES string of the molecule is CCCCCCCCCCCCCCCC/C=C/[C@@H](O)[C@H](CO)NC(=O)CCCCCCCCCCCCCCCCCCCCCCCCCCCCCCCCCCCC. The minimum absolute atomic E-state index is 0.0561. The van der Waals surface area contributed by atoms with E-state index < -0.39 is 12.1 Å². The summed E-state index contributed by atoms with van der Waals surface area (Å²) in [5.41, 5.74) is 0. The van der Waals surface area contributed by atoms with Gasteiger partial charge in [0.15, 0.2) is 0 Å². The highest BCUT2D eigenvalue weighted by molar-refractivity contribution is 5.76. The third-order valence-corrected chi connectivity index (χ3v) is 13.8. The minimum Gasteiger partial charge on any atom is -0.394 e. The van der Waals surface area contributed by atoms with E-state index in [-0.39, 0.29) is 12.5 Å². The van der Waals surface area contributed by atoms with E-state index in [2.05, 4.69) is 19.2 Å². The molecule has 3 N–H and O–H groups in total. The number of carbonyl (C=O) groups is 1. The van der Waals surface area contributed by atoms with Crippen LogP contribution >= 0.6 is 0 Å². The molecule has 0 bridgehead atoms. The number of hydrogen-bond donors (Lipinski definition) is 3. The van der Waals surface area contributed by atoms with Crippen LogP contribution in [0.15, 0.2) is 12.2 Å². The molecule has 4 nitrogen and oxygen atoms in total. The first-order valence-electron chi connectivity index (χ1n) is 28.9. The molecule has 0 aliphatic rings. The fraction of sp³-hybridized carbons (Fsp3) is 0.948. The van der Waals surface area contributed by atoms with E-state index in [0.29, 0.717) is 6.42 Å². The van der Waals surface area contributed by atoms with Crippen LogP contribution in [-0.4, -0.2) is 34.9 Å². The topological polar surface area (TPSA) is 69.6 Å². The summed E-state index contributed by atoms with van der Waals surface area (Å²) >= 11 is 0. The first-order valence-corrected chi connectivity index (χ1v) is 28.9. The lowest BCUT2D eigenvalue weighted by Gasteiger charge is -2.20. The number of rotatable bonds is 54. The van der Waals surface area contributed by atoms with E-state index in [9.17, 15) is 15.0 Å². The van der Waals surface area contributed by atoms with E-state index in [0.717, 1.165) is 25.7 Å². The van der Waals surface area contributed by atoms with Gasteiger partial charge in [0, 0.05) is 6.42 Å². The molecule has 0 saturated heterocycles. The van der Waals surface area contributed by atoms with Gasteiger partial charge in [-0.3, -0.25) is 4.79 Å². The fourth-order valence-corrected chi connectivity index (χ4v) is 9.36. The predicted molar refractivity (Wildman–Crippen MR) is 276 cm³/mol. The van der Waals surface area contributed by atoms with E-state index in [1.165, 1.54) is 289 Å². The van der Waals surface area contributed by atoms with E-state index in [1.54, 1.807) is 6.08 Å². The number of amides is 1. The van der Waals surface area contributed by atoms with Crippen LogP contribution in [0.25, 0.3) is 0 Å². The zero-order valence-corrected chi connectivity index (χ0v) is 42.7. The van der Waals surface area contributed by atoms with Crippen molar-refractivity contribution in [3.05, 3.63) is 12.2 Å². The number of nitrogens with one attached hydrogen (secondary N) is 1. The van der Waals surface area contributed by atoms with Gasteiger partial charge in [-0.1, -0.05) is 321 Å². The molecule has 0 aliphatic heterocycles. The van der Waals surface area contributed by atoms with Crippen molar-refractivity contribution in [2.75, 3.05) is 6.61 Å². The van der Waals surface area contributed by atoms with Gasteiger partial charge in [0.05, 0.1) is 18.8 Å². The first kappa shape index (κ1) is 61.1. The number of aliphatic hydroxyl groups is 2. The Bertz CT molecular complexity index is 860. The summed E-state index contributed by atoms with van der Waals surface area (Å²) in [6.45, 7) is 4.35. The molecule has 0 fully saturated rings. The van der Waals surface area contributed by atoms with Gasteiger partial charge in [0.25, 0.3) is 0 Å². The molecule has 0 spiro atoms. The summed E-state index contributed by atoms with van der Waals surface area (Å²) in [6.07, 6.45) is 71.1. The molecule has 62 heavy (non-hydrogen) atoms. The molecule has 0 aliphatic carbocycles. The summed E-state index contributed by atoms with van der Waals surface area (Å²) < 4.78 is 0. The highest BCUT2D eigenvalue weighted by Crippen LogP contribution is 2.18. The Morgan fingerprint density at radius 2 is 0.597 bits per heavy atom. The molecule has 0 aromatic rings. The van der Waals surface area contributed by atoms with Gasteiger partial charge in [-0.25, -0.2) is 0 Å². The standard InChI is InChI=1S/C58H115NO3/c1-3-5-7-9-11-13-15-17-19-21-22-23-24-25-26-27-28-29-30-31-32-33-34-35-36-37-38-40-42-44-46-48-50-52-54-58(62)59-56(55-60)57(61)53-51-49-47-45-43-41-39-20-18-16-14-12-10-8-6-4-2/h51,53,56-57,60-61H,3-50,52,54-55H2,1-2H3,(H,59,62)/b53-51+/t56-,57+/m0/s1. The van der Waals surface area contributed by atoms with Crippen LogP contribution in [0.1, 0.15) is 335 Å². The van der Waals surface area contributed by atoms with Crippen molar-refractivity contribution in [3.63, 3.8) is 0 Å². The van der Waals surface area contributed by atoms with Crippen molar-refractivity contribution in [2.24, 2.45) is 0 Å². The van der Waals surface area contributed by atoms with Gasteiger partial charge in [-0.15, -0.1) is 0 Å². The quantitative estimate of drug-likeness (QED) is 0.0421. The van der Waals surface area contributed by atoms with Gasteiger partial charge in [0.1, 0.15) is 0 Å². The van der Waals surface area contributed by atoms with E-state index >= 15 is 0 Å². The Labute approximate surface area is 390 Å². The highest BCUT2D eigenvalue weighted by Gasteiger charge is 2.18. The molecule has 4 heteroatoms. The molecule has 0 heterocycles. The lowest BCUT2D eigenvalue weighted by Crippen LogP contribution is -2.45. The largest absolute Gasteiger partial charge is 0.394 e. The smallest absolute Gasteiger partial charge is 0.220 e. The van der Waals surface area contributed by atoms with Crippen LogP contribution in [0.5, 0.6) is 0 Å². The zero-order chi connectivity index (χ0) is 44.9. The maximum Gasteiger partial charge on any atom is 0.220 e. The second kappa shape index (κ2) is 54.5. The van der Waals surface area contributed by atoms with Crippen LogP contribution in [0.3, 0.4) is 0 Å². The number of carbonyl (C=O) groups excluding carboxylic acids is 1. The Hall–Kier alpha value is -0.870. The van der Waals surface area contributed by atoms with Crippen molar-refractivity contribution in [1.29, 1.82) is 0 Å². The molecule has 0 aromatic heterocycles. The third kappa shape index (κ3) is 50.1. The number of hydrogen-bond acceptors (Lipinski definition) is 3. The van der Waals surface area contributed by atoms with Gasteiger partial charge in [0.2, 0.25) is 5.91 Å². The first-order chi connectivity index (χ1) is 30.7. The minimum atomic E-state index is -0.835. The lowest BCUT2D eigenvalue weighted by atomic mass is 10.0. The summed E-state index contributed by atoms with van der Waals surface area (Å²) in [6, 6.07) is -0.617. The molecule has 1 amide bonds. The summed E-state index contributed by atoms with van der Waals surface area (Å²) in [5.74, 6) is -0.0561. The van der Waals surface area contributed by atoms with Crippen LogP contribution in [0.2, 0.25) is 0 Å². The predicted octanol–water partition coefficient (Wildman–Crippen LogP) is 18.9. The van der Waals surface area contributed by atoms with E-state index in [1.807, 2.05) is 6.08 Å². The Morgan fingerprint density at radius 1 is 0.371 bits per heavy atom. The second-order valence-corrected chi connectivity index (χ2v) is 20.1. The maximum atomic E-state index is 12.5. The average molecular weight is 875 g/mol. The summed E-state index contributed by atoms with van der Waals surface area (Å²) in [7, 11) is 0. The van der Waals surface area contributed by atoms with E-state index in [4.69, 9.17) is 0 Å². The zero-order valence-electron chi connectivity index (χ0n) is 42.7. The molecule has 370 valence electrons. The third-order valence-electron chi connectivity index (χ3n) is 13.8. The van der Waals surface area contributed by atoms with Crippen molar-refractivity contribution in [2.45, 2.75) is 347 Å². The molecule has 0 radical (unpaired) electrons. The highest BCUT2D eigenvalue weighted by atomic mass is 16.3. The fourth-order valence-electron chi connectivity index (χ4n) is 9.36. The van der Waals surface area contributed by atoms with Crippen LogP contribution < -0.4 is 5.32 Å². The normalized spacial score (nSPS) is 12.8. The molecule has 0 unspecified atom stereocenters. The van der Waals surface area contributed by atoms with Crippen LogP contribution in [-0.2, 0) is 4.79 Å². The van der Waals surface area contributed by atoms with Crippen LogP contribution in [0.4, 0.5) is 0 Å². The van der Waals surface area contributed by atoms with Crippen molar-refractivity contribution in [3.8, 4) is 0 Å². The number of unbranched alkanes of at least 4 members (excludes halogenated alkanes) is 47. The van der Waals surface area contributed by atoms with Crippen molar-refractivity contribution < 1.29 is 15.0 Å². The Morgan fingerprint density at radius 3 is 0.839 bits per heavy atom. The summed E-state index contributed by atoms with van der Waals surface area (Å²) in [4.78, 5) is 12.5. The summed E-state index contributed by atoms with van der Waals surface area (Å²) in [5, 5.41) is 23.1. The number of allylic oxidation sites excluding steroid dienone is 1. The molecule has 0 saturated carbocycles. The molecule has 0 aromatic carbocycles. The van der Waals surface area contributed by atoms with Gasteiger partial charge in [-0.2, -0.15) is 0 Å². The monoisotopic (exact) mass is 874 g/mol. The Balaban J connectivity index is 3.38. The molecular weight excluding hydrogens is 759 g/mol. The van der Waals surface area contributed by atoms with Gasteiger partial charge in [-0.05, 0) is 19.3 Å². The molecule has 2 atom stereocenters. The van der Waals surface area contributed by atoms with Crippen LogP contribution in [0, 0.1) is 0 Å². The molecule has 0 rings (SSSR count). The average Bonchev–Trinajstić information content (AvgIpc) is 3.28. The Kier molecular flexibility index (Phi) is 53.7. The molecular formula is C58H115NO3. The van der Waals surface area contributed by atoms with Crippen molar-refractivity contribution in [1.82, 2.24) is 5.32 Å². The van der Waals surface area contributed by atoms with Gasteiger partial charge < -0.3 is 15.5 Å². The van der Waals surface area contributed by atoms with Gasteiger partial charge >= 0.3 is 0 Å². The lowest BCUT2D eigenvalue weighted by molar-refractivity contribution is -0.123. The van der Waals surface area contributed by atoms with Crippen molar-refractivity contribution >= 4 is 5.91 Å². The second-order valence-electron chi connectivity index (χ2n) is 20.1. The number of aliphatic hydroxyl groups excluding tert-OH is 2.